The summed E-state index contributed by atoms with van der Waals surface area (Å²) in [7, 11) is 0. The van der Waals surface area contributed by atoms with Crippen molar-refractivity contribution < 1.29 is 27.4 Å². The number of urea groups is 1. The van der Waals surface area contributed by atoms with Crippen LogP contribution in [0.25, 0.3) is 11.3 Å². The number of alkyl halides is 2. The minimum absolute atomic E-state index is 0.145. The summed E-state index contributed by atoms with van der Waals surface area (Å²) in [5, 5.41) is 7.66. The molecule has 1 fully saturated rings. The second kappa shape index (κ2) is 9.25. The highest BCUT2D eigenvalue weighted by atomic mass is 19.3. The summed E-state index contributed by atoms with van der Waals surface area (Å²) in [6, 6.07) is 8.96. The van der Waals surface area contributed by atoms with Gasteiger partial charge >= 0.3 is 12.6 Å². The molecule has 5 rings (SSSR count). The molecular formula is C25H27F3N6O3. The van der Waals surface area contributed by atoms with Crippen molar-refractivity contribution in [2.24, 2.45) is 0 Å². The van der Waals surface area contributed by atoms with Gasteiger partial charge in [-0.25, -0.2) is 14.2 Å². The summed E-state index contributed by atoms with van der Waals surface area (Å²) in [5.41, 5.74) is 6.72. The van der Waals surface area contributed by atoms with Gasteiger partial charge in [-0.1, -0.05) is 12.1 Å². The van der Waals surface area contributed by atoms with Crippen LogP contribution < -0.4 is 15.8 Å². The molecule has 1 saturated heterocycles. The summed E-state index contributed by atoms with van der Waals surface area (Å²) < 4.78 is 51.3. The van der Waals surface area contributed by atoms with Crippen molar-refractivity contribution in [3.05, 3.63) is 59.7 Å². The second-order valence-electron chi connectivity index (χ2n) is 9.70. The van der Waals surface area contributed by atoms with Gasteiger partial charge in [-0.3, -0.25) is 4.68 Å². The number of ether oxygens (including phenoxy) is 2. The number of nitrogens with zero attached hydrogens (tertiary/aromatic N) is 4. The van der Waals surface area contributed by atoms with Crippen LogP contribution in [0.3, 0.4) is 0 Å². The van der Waals surface area contributed by atoms with Crippen molar-refractivity contribution >= 4 is 11.8 Å². The number of anilines is 1. The molecule has 0 bridgehead atoms. The van der Waals surface area contributed by atoms with Crippen LogP contribution in [-0.4, -0.2) is 52.0 Å². The largest absolute Gasteiger partial charge is 0.431 e. The maximum Gasteiger partial charge on any atom is 0.387 e. The van der Waals surface area contributed by atoms with E-state index in [4.69, 9.17) is 10.5 Å². The first-order valence-electron chi connectivity index (χ1n) is 11.8. The van der Waals surface area contributed by atoms with E-state index in [0.29, 0.717) is 43.9 Å². The van der Waals surface area contributed by atoms with Crippen LogP contribution in [0.5, 0.6) is 5.75 Å². The van der Waals surface area contributed by atoms with Crippen molar-refractivity contribution in [3.8, 4) is 17.0 Å². The van der Waals surface area contributed by atoms with Crippen molar-refractivity contribution in [1.29, 1.82) is 0 Å². The second-order valence-corrected chi connectivity index (χ2v) is 9.70. The number of fused-ring (bicyclic) bond motifs is 2. The van der Waals surface area contributed by atoms with Gasteiger partial charge < -0.3 is 25.4 Å². The lowest BCUT2D eigenvalue weighted by molar-refractivity contribution is -0.0702. The molecule has 37 heavy (non-hydrogen) atoms. The van der Waals surface area contributed by atoms with Crippen LogP contribution in [0.15, 0.2) is 42.6 Å². The molecule has 1 spiro atoms. The third kappa shape index (κ3) is 4.80. The molecule has 2 aliphatic heterocycles. The van der Waals surface area contributed by atoms with Gasteiger partial charge in [0.25, 0.3) is 0 Å². The molecule has 0 aliphatic carbocycles. The van der Waals surface area contributed by atoms with E-state index in [2.05, 4.69) is 20.1 Å². The Balaban J connectivity index is 1.36. The highest BCUT2D eigenvalue weighted by Crippen LogP contribution is 2.40. The normalized spacial score (nSPS) is 19.4. The van der Waals surface area contributed by atoms with E-state index in [1.54, 1.807) is 17.0 Å². The number of carbonyl (C=O) groups is 1. The van der Waals surface area contributed by atoms with Crippen LogP contribution >= 0.6 is 0 Å². The summed E-state index contributed by atoms with van der Waals surface area (Å²) in [6.45, 7) is 2.36. The van der Waals surface area contributed by atoms with Gasteiger partial charge in [-0.15, -0.1) is 0 Å². The molecule has 4 heterocycles. The smallest absolute Gasteiger partial charge is 0.387 e. The maximum absolute atomic E-state index is 13.3. The van der Waals surface area contributed by atoms with Crippen molar-refractivity contribution in [1.82, 2.24) is 25.0 Å². The van der Waals surface area contributed by atoms with Crippen LogP contribution in [0.2, 0.25) is 0 Å². The number of amides is 2. The monoisotopic (exact) mass is 516 g/mol. The lowest BCUT2D eigenvalue weighted by Gasteiger charge is -2.35. The highest BCUT2D eigenvalue weighted by molar-refractivity contribution is 5.76. The molecule has 2 aliphatic rings. The quantitative estimate of drug-likeness (QED) is 0.534. The molecule has 2 aromatic heterocycles. The molecular weight excluding hydrogens is 489 g/mol. The fraction of sp³-hybridized carbons (Fsp3) is 0.400. The predicted octanol–water partition coefficient (Wildman–Crippen LogP) is 3.84. The SMILES string of the molecule is CC(C)(NC(=O)N1CC[C@]2(C1)OCCn1nc(-c3cnc(N)c(OC(F)F)c3)cc12)c1ccc(F)cc1. The van der Waals surface area contributed by atoms with E-state index in [-0.39, 0.29) is 23.4 Å². The number of aromatic nitrogens is 3. The number of nitrogens with one attached hydrogen (secondary N) is 1. The van der Waals surface area contributed by atoms with E-state index >= 15 is 0 Å². The highest BCUT2D eigenvalue weighted by Gasteiger charge is 2.47. The van der Waals surface area contributed by atoms with Gasteiger partial charge in [0.15, 0.2) is 11.6 Å². The topological polar surface area (TPSA) is 108 Å². The van der Waals surface area contributed by atoms with E-state index in [1.165, 1.54) is 24.4 Å². The number of likely N-dealkylation sites (tertiary alicyclic amines) is 1. The Hall–Kier alpha value is -3.80. The number of hydrogen-bond donors (Lipinski definition) is 2. The Morgan fingerprint density at radius 1 is 1.24 bits per heavy atom. The van der Waals surface area contributed by atoms with E-state index in [9.17, 15) is 18.0 Å². The van der Waals surface area contributed by atoms with Gasteiger partial charge in [0.2, 0.25) is 0 Å². The number of carbonyl (C=O) groups excluding carboxylic acids is 1. The first-order chi connectivity index (χ1) is 17.6. The van der Waals surface area contributed by atoms with Crippen molar-refractivity contribution in [2.45, 2.75) is 44.6 Å². The van der Waals surface area contributed by atoms with Gasteiger partial charge in [-0.2, -0.15) is 13.9 Å². The Kier molecular flexibility index (Phi) is 6.22. The van der Waals surface area contributed by atoms with Crippen molar-refractivity contribution in [2.75, 3.05) is 25.4 Å². The van der Waals surface area contributed by atoms with Crippen molar-refractivity contribution in [3.63, 3.8) is 0 Å². The lowest BCUT2D eigenvalue weighted by Crippen LogP contribution is -2.49. The molecule has 9 nitrogen and oxygen atoms in total. The van der Waals surface area contributed by atoms with Crippen LogP contribution in [0, 0.1) is 5.82 Å². The predicted molar refractivity (Wildman–Crippen MR) is 128 cm³/mol. The first-order valence-corrected chi connectivity index (χ1v) is 11.8. The summed E-state index contributed by atoms with van der Waals surface area (Å²) >= 11 is 0. The molecule has 0 unspecified atom stereocenters. The van der Waals surface area contributed by atoms with Crippen LogP contribution in [-0.2, 0) is 22.4 Å². The number of halogens is 3. The number of rotatable bonds is 5. The Morgan fingerprint density at radius 2 is 2.00 bits per heavy atom. The Labute approximate surface area is 211 Å². The number of nitrogen functional groups attached to an aromatic ring is 1. The Bertz CT molecular complexity index is 1310. The molecule has 1 aromatic carbocycles. The average Bonchev–Trinajstić information content (AvgIpc) is 3.47. The molecule has 12 heteroatoms. The van der Waals surface area contributed by atoms with E-state index < -0.39 is 17.8 Å². The maximum atomic E-state index is 13.3. The zero-order chi connectivity index (χ0) is 26.4. The zero-order valence-electron chi connectivity index (χ0n) is 20.4. The summed E-state index contributed by atoms with van der Waals surface area (Å²) in [5.74, 6) is -0.712. The Morgan fingerprint density at radius 3 is 2.73 bits per heavy atom. The molecule has 2 amide bonds. The zero-order valence-corrected chi connectivity index (χ0v) is 20.4. The molecule has 0 radical (unpaired) electrons. The lowest BCUT2D eigenvalue weighted by atomic mass is 9.94. The number of benzene rings is 1. The summed E-state index contributed by atoms with van der Waals surface area (Å²) in [6.07, 6.45) is 2.00. The molecule has 3 aromatic rings. The first kappa shape index (κ1) is 24.9. The minimum Gasteiger partial charge on any atom is -0.431 e. The molecule has 1 atom stereocenters. The van der Waals surface area contributed by atoms with Gasteiger partial charge in [0, 0.05) is 24.7 Å². The third-order valence-electron chi connectivity index (χ3n) is 6.83. The fourth-order valence-electron chi connectivity index (χ4n) is 4.85. The van der Waals surface area contributed by atoms with E-state index in [0.717, 1.165) is 11.3 Å². The van der Waals surface area contributed by atoms with Gasteiger partial charge in [-0.05, 0) is 43.7 Å². The number of pyridine rings is 1. The van der Waals surface area contributed by atoms with Gasteiger partial charge in [0.1, 0.15) is 11.4 Å². The molecule has 196 valence electrons. The fourth-order valence-corrected chi connectivity index (χ4v) is 4.85. The molecule has 0 saturated carbocycles. The van der Waals surface area contributed by atoms with Gasteiger partial charge in [0.05, 0.1) is 36.6 Å². The average molecular weight is 517 g/mol. The standard InChI is InChI=1S/C25H27F3N6O3/c1-24(2,16-3-5-17(26)6-4-16)31-23(35)33-8-7-25(14-33)20-12-18(32-34(20)9-10-36-25)15-11-19(37-22(27)28)21(29)30-13-15/h3-6,11-13,22H,7-10,14H2,1-2H3,(H2,29,30)(H,31,35)/t25-/m1/s1. The minimum atomic E-state index is -3.03. The van der Waals surface area contributed by atoms with Crippen LogP contribution in [0.4, 0.5) is 23.8 Å². The van der Waals surface area contributed by atoms with Crippen LogP contribution in [0.1, 0.15) is 31.5 Å². The third-order valence-corrected chi connectivity index (χ3v) is 6.83. The number of nitrogens with two attached hydrogens (primary N) is 1. The molecule has 3 N–H and O–H groups in total. The summed E-state index contributed by atoms with van der Waals surface area (Å²) in [4.78, 5) is 18.8. The van der Waals surface area contributed by atoms with E-state index in [1.807, 2.05) is 24.6 Å². The number of hydrogen-bond acceptors (Lipinski definition) is 6.